The summed E-state index contributed by atoms with van der Waals surface area (Å²) in [5, 5.41) is 11.1. The average molecular weight is 545 g/mol. The van der Waals surface area contributed by atoms with Gasteiger partial charge < -0.3 is 9.88 Å². The number of alkyl halides is 4. The van der Waals surface area contributed by atoms with E-state index < -0.39 is 23.5 Å². The van der Waals surface area contributed by atoms with Crippen LogP contribution in [0.3, 0.4) is 0 Å². The summed E-state index contributed by atoms with van der Waals surface area (Å²) in [4.78, 5) is 19.1. The average Bonchev–Trinajstić information content (AvgIpc) is 3.45. The molecule has 38 heavy (non-hydrogen) atoms. The van der Waals surface area contributed by atoms with Crippen molar-refractivity contribution in [3.63, 3.8) is 0 Å². The Balaban J connectivity index is 1.65. The van der Waals surface area contributed by atoms with Gasteiger partial charge in [-0.2, -0.15) is 13.2 Å². The number of hydrogen-bond acceptors (Lipinski definition) is 5. The van der Waals surface area contributed by atoms with Gasteiger partial charge in [-0.3, -0.25) is 9.69 Å². The molecule has 5 rings (SSSR count). The van der Waals surface area contributed by atoms with E-state index in [4.69, 9.17) is 11.6 Å². The van der Waals surface area contributed by atoms with Crippen LogP contribution in [0.2, 0.25) is 0 Å². The lowest BCUT2D eigenvalue weighted by molar-refractivity contribution is -0.138. The number of nitrogens with zero attached hydrogens (tertiary/aromatic N) is 5. The van der Waals surface area contributed by atoms with Gasteiger partial charge in [-0.05, 0) is 65.6 Å². The molecule has 0 atom stereocenters. The normalized spacial score (nSPS) is 13.2. The first kappa shape index (κ1) is 25.7. The summed E-state index contributed by atoms with van der Waals surface area (Å²) in [7, 11) is 1.72. The molecule has 1 amide bonds. The summed E-state index contributed by atoms with van der Waals surface area (Å²) < 4.78 is 57.5. The van der Waals surface area contributed by atoms with E-state index in [1.54, 1.807) is 29.8 Å². The van der Waals surface area contributed by atoms with E-state index in [1.807, 2.05) is 6.92 Å². The Hall–Kier alpha value is -3.99. The van der Waals surface area contributed by atoms with Gasteiger partial charge in [0, 0.05) is 30.6 Å². The maximum absolute atomic E-state index is 14.3. The molecule has 1 aliphatic heterocycles. The zero-order chi connectivity index (χ0) is 27.2. The highest BCUT2D eigenvalue weighted by molar-refractivity contribution is 6.17. The molecule has 2 aromatic carbocycles. The molecule has 1 aliphatic rings. The van der Waals surface area contributed by atoms with E-state index in [2.05, 4.69) is 20.5 Å². The number of halogens is 5. The number of carbonyl (C=O) groups excluding carboxylic acids is 1. The quantitative estimate of drug-likeness (QED) is 0.237. The first-order valence-corrected chi connectivity index (χ1v) is 12.1. The number of aromatic nitrogens is 4. The van der Waals surface area contributed by atoms with Crippen LogP contribution in [0.5, 0.6) is 0 Å². The number of pyridine rings is 1. The van der Waals surface area contributed by atoms with Crippen LogP contribution in [0.1, 0.15) is 34.0 Å². The smallest absolute Gasteiger partial charge is 0.370 e. The number of hydrogen-bond donors (Lipinski definition) is 1. The highest BCUT2D eigenvalue weighted by Gasteiger charge is 2.41. The fourth-order valence-electron chi connectivity index (χ4n) is 4.55. The third kappa shape index (κ3) is 4.58. The number of carbonyl (C=O) groups is 1. The molecule has 0 fully saturated rings. The predicted octanol–water partition coefficient (Wildman–Crippen LogP) is 6.03. The third-order valence-electron chi connectivity index (χ3n) is 6.25. The molecule has 196 valence electrons. The second-order valence-corrected chi connectivity index (χ2v) is 9.04. The van der Waals surface area contributed by atoms with E-state index >= 15 is 0 Å². The first-order chi connectivity index (χ1) is 18.1. The molecule has 7 nitrogen and oxygen atoms in total. The van der Waals surface area contributed by atoms with Gasteiger partial charge in [0.05, 0.1) is 12.1 Å². The second kappa shape index (κ2) is 9.71. The summed E-state index contributed by atoms with van der Waals surface area (Å²) in [6.45, 7) is 2.05. The summed E-state index contributed by atoms with van der Waals surface area (Å²) in [6.07, 6.45) is -3.18. The van der Waals surface area contributed by atoms with E-state index in [9.17, 15) is 22.4 Å². The van der Waals surface area contributed by atoms with Gasteiger partial charge in [-0.15, -0.1) is 21.8 Å². The molecule has 3 heterocycles. The molecule has 0 saturated carbocycles. The molecule has 0 saturated heterocycles. The lowest BCUT2D eigenvalue weighted by atomic mass is 9.99. The van der Waals surface area contributed by atoms with Crippen LogP contribution in [0.25, 0.3) is 22.5 Å². The topological polar surface area (TPSA) is 75.9 Å². The summed E-state index contributed by atoms with van der Waals surface area (Å²) >= 11 is 5.82. The molecule has 0 unspecified atom stereocenters. The molecule has 2 aromatic heterocycles. The van der Waals surface area contributed by atoms with Crippen molar-refractivity contribution >= 4 is 29.1 Å². The molecule has 0 radical (unpaired) electrons. The van der Waals surface area contributed by atoms with Crippen molar-refractivity contribution < 1.29 is 22.4 Å². The van der Waals surface area contributed by atoms with Gasteiger partial charge in [0.25, 0.3) is 5.91 Å². The minimum absolute atomic E-state index is 0.0609. The molecule has 12 heteroatoms. The van der Waals surface area contributed by atoms with Crippen molar-refractivity contribution in [3.8, 4) is 22.5 Å². The van der Waals surface area contributed by atoms with Crippen LogP contribution < -0.4 is 10.2 Å². The van der Waals surface area contributed by atoms with E-state index in [-0.39, 0.29) is 34.9 Å². The lowest BCUT2D eigenvalue weighted by Gasteiger charge is -2.19. The van der Waals surface area contributed by atoms with Crippen molar-refractivity contribution in [1.29, 1.82) is 0 Å². The fraction of sp³-hybridized carbons (Fsp3) is 0.231. The number of fused-ring (bicyclic) bond motifs is 1. The number of rotatable bonds is 6. The molecular weight excluding hydrogens is 524 g/mol. The first-order valence-electron chi connectivity index (χ1n) is 11.6. The van der Waals surface area contributed by atoms with Gasteiger partial charge in [-0.1, -0.05) is 6.07 Å². The zero-order valence-corrected chi connectivity index (χ0v) is 21.0. The molecule has 1 N–H and O–H groups in total. The Morgan fingerprint density at radius 3 is 2.53 bits per heavy atom. The molecular formula is C26H21ClF4N6O. The maximum atomic E-state index is 14.3. The van der Waals surface area contributed by atoms with Crippen molar-refractivity contribution in [2.75, 3.05) is 16.8 Å². The third-order valence-corrected chi connectivity index (χ3v) is 6.56. The van der Waals surface area contributed by atoms with Crippen LogP contribution in [0.4, 0.5) is 29.2 Å². The minimum Gasteiger partial charge on any atom is -0.370 e. The van der Waals surface area contributed by atoms with Gasteiger partial charge in [0.1, 0.15) is 23.8 Å². The largest absolute Gasteiger partial charge is 0.416 e. The number of amides is 1. The van der Waals surface area contributed by atoms with Crippen LogP contribution in [-0.4, -0.2) is 32.2 Å². The van der Waals surface area contributed by atoms with Crippen LogP contribution in [0, 0.1) is 5.82 Å². The van der Waals surface area contributed by atoms with E-state index in [1.165, 1.54) is 29.4 Å². The van der Waals surface area contributed by atoms with Crippen molar-refractivity contribution in [3.05, 3.63) is 76.9 Å². The van der Waals surface area contributed by atoms with E-state index in [0.717, 1.165) is 6.07 Å². The Bertz CT molecular complexity index is 1550. The Morgan fingerprint density at radius 1 is 1.08 bits per heavy atom. The minimum atomic E-state index is -4.66. The monoisotopic (exact) mass is 544 g/mol. The van der Waals surface area contributed by atoms with Crippen molar-refractivity contribution in [2.24, 2.45) is 7.05 Å². The van der Waals surface area contributed by atoms with Crippen LogP contribution in [0.15, 0.2) is 48.8 Å². The maximum Gasteiger partial charge on any atom is 0.416 e. The van der Waals surface area contributed by atoms with Gasteiger partial charge >= 0.3 is 6.18 Å². The Labute approximate surface area is 220 Å². The molecule has 0 aliphatic carbocycles. The Kier molecular flexibility index (Phi) is 6.56. The van der Waals surface area contributed by atoms with Gasteiger partial charge in [-0.25, -0.2) is 9.37 Å². The summed E-state index contributed by atoms with van der Waals surface area (Å²) in [5.41, 5.74) is 0.700. The fourth-order valence-corrected chi connectivity index (χ4v) is 4.70. The van der Waals surface area contributed by atoms with Gasteiger partial charge in [0.2, 0.25) is 0 Å². The van der Waals surface area contributed by atoms with Crippen molar-refractivity contribution in [1.82, 2.24) is 19.7 Å². The SMILES string of the molecule is CCNc1cc(-c2ccc(F)cc2-c2nncn2C)cc(N2Cc3c(cc(CCl)cc3C(F)(F)F)C2=O)n1. The second-order valence-electron chi connectivity index (χ2n) is 8.78. The standard InChI is InChI=1S/C26H21ClF4N6O/c1-3-32-22-8-15(17-5-4-16(28)10-18(17)24-35-33-13-36(24)2)9-23(34-22)37-12-20-19(25(37)38)6-14(11-27)7-21(20)26(29,30)31/h4-10,13H,3,11-12H2,1-2H3,(H,32,34). The number of benzene rings is 2. The van der Waals surface area contributed by atoms with E-state index in [0.29, 0.717) is 34.9 Å². The number of anilines is 2. The Morgan fingerprint density at radius 2 is 1.87 bits per heavy atom. The van der Waals surface area contributed by atoms with Crippen molar-refractivity contribution in [2.45, 2.75) is 25.5 Å². The molecule has 4 aromatic rings. The van der Waals surface area contributed by atoms with Crippen LogP contribution in [-0.2, 0) is 25.6 Å². The molecule has 0 bridgehead atoms. The van der Waals surface area contributed by atoms with Gasteiger partial charge in [0.15, 0.2) is 5.82 Å². The lowest BCUT2D eigenvalue weighted by Crippen LogP contribution is -2.24. The summed E-state index contributed by atoms with van der Waals surface area (Å²) in [5.74, 6) is -0.305. The predicted molar refractivity (Wildman–Crippen MR) is 135 cm³/mol. The number of nitrogens with one attached hydrogen (secondary N) is 1. The summed E-state index contributed by atoms with van der Waals surface area (Å²) in [6, 6.07) is 9.87. The molecule has 0 spiro atoms. The highest BCUT2D eigenvalue weighted by Crippen LogP contribution is 2.41. The highest BCUT2D eigenvalue weighted by atomic mass is 35.5. The number of aryl methyl sites for hydroxylation is 1. The zero-order valence-electron chi connectivity index (χ0n) is 20.3. The van der Waals surface area contributed by atoms with Crippen LogP contribution >= 0.6 is 11.6 Å².